The van der Waals surface area contributed by atoms with E-state index in [0.29, 0.717) is 6.42 Å². The zero-order valence-electron chi connectivity index (χ0n) is 7.14. The Bertz CT molecular complexity index is 226. The largest absolute Gasteiger partial charge is 0.419 e. The van der Waals surface area contributed by atoms with Crippen molar-refractivity contribution in [2.75, 3.05) is 0 Å². The Morgan fingerprint density at radius 3 is 2.38 bits per heavy atom. The minimum atomic E-state index is -4.56. The lowest BCUT2D eigenvalue weighted by molar-refractivity contribution is -0.274. The summed E-state index contributed by atoms with van der Waals surface area (Å²) in [4.78, 5) is 0. The summed E-state index contributed by atoms with van der Waals surface area (Å²) in [5, 5.41) is 9.39. The molecule has 0 aromatic rings. The van der Waals surface area contributed by atoms with E-state index in [4.69, 9.17) is 4.74 Å². The van der Waals surface area contributed by atoms with Crippen molar-refractivity contribution in [3.8, 4) is 0 Å². The van der Waals surface area contributed by atoms with E-state index in [1.54, 1.807) is 0 Å². The second-order valence-corrected chi connectivity index (χ2v) is 4.00. The molecule has 4 atom stereocenters. The van der Waals surface area contributed by atoms with E-state index in [0.717, 1.165) is 0 Å². The monoisotopic (exact) mass is 196 g/mol. The first-order chi connectivity index (χ1) is 5.84. The number of hydrogen-bond acceptors (Lipinski definition) is 2. The molecule has 2 aliphatic rings. The van der Waals surface area contributed by atoms with Gasteiger partial charge in [-0.15, -0.1) is 0 Å². The van der Waals surface area contributed by atoms with Gasteiger partial charge in [0.2, 0.25) is 0 Å². The lowest BCUT2D eigenvalue weighted by Gasteiger charge is -2.33. The molecule has 2 heterocycles. The minimum Gasteiger partial charge on any atom is -0.378 e. The Labute approximate surface area is 73.7 Å². The molecule has 2 fully saturated rings. The summed E-state index contributed by atoms with van der Waals surface area (Å²) in [5.41, 5.74) is -2.59. The van der Waals surface area contributed by atoms with E-state index >= 15 is 0 Å². The molecule has 0 amide bonds. The quantitative estimate of drug-likeness (QED) is 0.635. The number of halogens is 3. The van der Waals surface area contributed by atoms with Crippen molar-refractivity contribution < 1.29 is 23.0 Å². The van der Waals surface area contributed by atoms with Crippen LogP contribution in [-0.4, -0.2) is 29.1 Å². The van der Waals surface area contributed by atoms with Gasteiger partial charge in [-0.05, 0) is 12.3 Å². The molecule has 0 spiro atoms. The maximum absolute atomic E-state index is 12.4. The number of fused-ring (bicyclic) bond motifs is 2. The molecule has 0 radical (unpaired) electrons. The van der Waals surface area contributed by atoms with Crippen LogP contribution >= 0.6 is 0 Å². The molecular weight excluding hydrogens is 185 g/mol. The summed E-state index contributed by atoms with van der Waals surface area (Å²) in [6.07, 6.45) is -6.03. The molecule has 0 aromatic heterocycles. The van der Waals surface area contributed by atoms with Crippen LogP contribution in [0.5, 0.6) is 0 Å². The highest BCUT2D eigenvalue weighted by Gasteiger charge is 2.67. The summed E-state index contributed by atoms with van der Waals surface area (Å²) >= 11 is 0. The zero-order valence-corrected chi connectivity index (χ0v) is 7.14. The van der Waals surface area contributed by atoms with Crippen molar-refractivity contribution in [3.63, 3.8) is 0 Å². The van der Waals surface area contributed by atoms with Crippen molar-refractivity contribution in [2.24, 2.45) is 5.92 Å². The van der Waals surface area contributed by atoms with E-state index in [2.05, 4.69) is 0 Å². The smallest absolute Gasteiger partial charge is 0.378 e. The van der Waals surface area contributed by atoms with Crippen molar-refractivity contribution in [3.05, 3.63) is 0 Å². The van der Waals surface area contributed by atoms with Gasteiger partial charge >= 0.3 is 6.18 Å². The molecule has 0 saturated carbocycles. The fourth-order valence-corrected chi connectivity index (χ4v) is 2.18. The molecular formula is C8H11F3O2. The first kappa shape index (κ1) is 9.27. The first-order valence-corrected chi connectivity index (χ1v) is 4.29. The molecule has 0 aliphatic carbocycles. The van der Waals surface area contributed by atoms with E-state index in [1.807, 2.05) is 6.92 Å². The third-order valence-corrected chi connectivity index (χ3v) is 3.10. The fraction of sp³-hybridized carbons (Fsp3) is 1.00. The van der Waals surface area contributed by atoms with Crippen molar-refractivity contribution in [2.45, 2.75) is 43.8 Å². The number of aliphatic hydroxyl groups is 1. The van der Waals surface area contributed by atoms with Crippen LogP contribution in [0.15, 0.2) is 0 Å². The van der Waals surface area contributed by atoms with E-state index in [-0.39, 0.29) is 12.3 Å². The Kier molecular flexibility index (Phi) is 1.70. The predicted molar refractivity (Wildman–Crippen MR) is 38.1 cm³/mol. The molecule has 2 nitrogen and oxygen atoms in total. The third-order valence-electron chi connectivity index (χ3n) is 3.10. The van der Waals surface area contributed by atoms with Crippen LogP contribution in [0.1, 0.15) is 19.8 Å². The van der Waals surface area contributed by atoms with Crippen LogP contribution in [0.25, 0.3) is 0 Å². The van der Waals surface area contributed by atoms with Gasteiger partial charge in [-0.2, -0.15) is 13.2 Å². The highest BCUT2D eigenvalue weighted by Crippen LogP contribution is 2.51. The normalized spacial score (nSPS) is 50.1. The Morgan fingerprint density at radius 1 is 1.46 bits per heavy atom. The van der Waals surface area contributed by atoms with E-state index in [1.165, 1.54) is 0 Å². The first-order valence-electron chi connectivity index (χ1n) is 4.29. The number of rotatable bonds is 0. The minimum absolute atomic E-state index is 0.132. The Hall–Kier alpha value is -0.290. The highest BCUT2D eigenvalue weighted by atomic mass is 19.4. The fourth-order valence-electron chi connectivity index (χ4n) is 2.18. The maximum Gasteiger partial charge on any atom is 0.419 e. The number of ether oxygens (including phenoxy) is 1. The Morgan fingerprint density at radius 2 is 2.08 bits per heavy atom. The summed E-state index contributed by atoms with van der Waals surface area (Å²) in [7, 11) is 0. The van der Waals surface area contributed by atoms with Gasteiger partial charge in [-0.1, -0.05) is 6.92 Å². The van der Waals surface area contributed by atoms with Crippen LogP contribution < -0.4 is 0 Å². The Balaban J connectivity index is 2.22. The van der Waals surface area contributed by atoms with Gasteiger partial charge < -0.3 is 9.84 Å². The molecule has 2 rings (SSSR count). The average Bonchev–Trinajstić information content (AvgIpc) is 2.42. The predicted octanol–water partition coefficient (Wildman–Crippen LogP) is 1.48. The molecule has 2 aliphatic heterocycles. The molecule has 0 aromatic carbocycles. The summed E-state index contributed by atoms with van der Waals surface area (Å²) < 4.78 is 42.3. The molecule has 3 unspecified atom stereocenters. The van der Waals surface area contributed by atoms with Gasteiger partial charge in [0, 0.05) is 6.42 Å². The molecule has 1 N–H and O–H groups in total. The topological polar surface area (TPSA) is 29.5 Å². The van der Waals surface area contributed by atoms with Gasteiger partial charge in [0.1, 0.15) is 0 Å². The lowest BCUT2D eigenvalue weighted by atomic mass is 9.79. The second-order valence-electron chi connectivity index (χ2n) is 4.00. The van der Waals surface area contributed by atoms with Crippen LogP contribution in [-0.2, 0) is 4.74 Å². The number of hydrogen-bond donors (Lipinski definition) is 1. The van der Waals surface area contributed by atoms with E-state index in [9.17, 15) is 18.3 Å². The summed E-state index contributed by atoms with van der Waals surface area (Å²) in [5.74, 6) is 0.132. The molecule has 2 bridgehead atoms. The summed E-state index contributed by atoms with van der Waals surface area (Å²) in [6, 6.07) is 0. The van der Waals surface area contributed by atoms with Crippen LogP contribution in [0.3, 0.4) is 0 Å². The van der Waals surface area contributed by atoms with E-state index < -0.39 is 24.0 Å². The van der Waals surface area contributed by atoms with Crippen molar-refractivity contribution in [1.29, 1.82) is 0 Å². The van der Waals surface area contributed by atoms with Gasteiger partial charge in [0.05, 0.1) is 12.2 Å². The van der Waals surface area contributed by atoms with Gasteiger partial charge in [0.15, 0.2) is 5.60 Å². The maximum atomic E-state index is 12.4. The van der Waals surface area contributed by atoms with Crippen LogP contribution in [0, 0.1) is 5.92 Å². The van der Waals surface area contributed by atoms with Crippen LogP contribution in [0.4, 0.5) is 13.2 Å². The highest BCUT2D eigenvalue weighted by molar-refractivity contribution is 5.07. The average molecular weight is 196 g/mol. The van der Waals surface area contributed by atoms with Gasteiger partial charge in [0.25, 0.3) is 0 Å². The lowest BCUT2D eigenvalue weighted by Crippen LogP contribution is -2.53. The molecule has 13 heavy (non-hydrogen) atoms. The molecule has 5 heteroatoms. The van der Waals surface area contributed by atoms with Crippen LogP contribution in [0.2, 0.25) is 0 Å². The SMILES string of the molecule is C[C@@H]1CC2OC1CC2(O)C(F)(F)F. The molecule has 76 valence electrons. The van der Waals surface area contributed by atoms with Crippen molar-refractivity contribution >= 4 is 0 Å². The van der Waals surface area contributed by atoms with Crippen molar-refractivity contribution in [1.82, 2.24) is 0 Å². The second kappa shape index (κ2) is 2.39. The zero-order chi connectivity index (χ0) is 9.85. The third kappa shape index (κ3) is 1.10. The van der Waals surface area contributed by atoms with Gasteiger partial charge in [-0.3, -0.25) is 0 Å². The van der Waals surface area contributed by atoms with Gasteiger partial charge in [-0.25, -0.2) is 0 Å². The molecule has 2 saturated heterocycles. The number of alkyl halides is 3. The summed E-state index contributed by atoms with van der Waals surface area (Å²) in [6.45, 7) is 1.85. The standard InChI is InChI=1S/C8H11F3O2/c1-4-2-6-7(12,8(9,10)11)3-5(4)13-6/h4-6,12H,2-3H2,1H3/t4-,5?,6?,7?/m1/s1.